The van der Waals surface area contributed by atoms with E-state index in [0.29, 0.717) is 17.3 Å². The Kier molecular flexibility index (Phi) is 6.53. The van der Waals surface area contributed by atoms with Gasteiger partial charge in [0.15, 0.2) is 0 Å². The van der Waals surface area contributed by atoms with Crippen molar-refractivity contribution in [2.45, 2.75) is 65.1 Å². The SMILES string of the molecule is CC[C@H]1CN([C@H](C)c2ccc3nc(C)sc3c2)[C@H](CC)CN1c1nc(=O)n(C)c2cc(CC#N)nn12. The summed E-state index contributed by atoms with van der Waals surface area (Å²) in [5, 5.41) is 14.9. The molecule has 5 rings (SSSR count). The minimum Gasteiger partial charge on any atom is -0.335 e. The monoisotopic (exact) mass is 504 g/mol. The van der Waals surface area contributed by atoms with Crippen molar-refractivity contribution in [1.29, 1.82) is 5.26 Å². The lowest BCUT2D eigenvalue weighted by Gasteiger charge is -2.48. The van der Waals surface area contributed by atoms with Gasteiger partial charge in [-0.25, -0.2) is 9.78 Å². The van der Waals surface area contributed by atoms with E-state index < -0.39 is 0 Å². The van der Waals surface area contributed by atoms with Crippen LogP contribution in [0.2, 0.25) is 0 Å². The number of benzene rings is 1. The summed E-state index contributed by atoms with van der Waals surface area (Å²) in [6.45, 7) is 10.4. The Labute approximate surface area is 214 Å². The smallest absolute Gasteiger partial charge is 0.335 e. The van der Waals surface area contributed by atoms with Crippen LogP contribution >= 0.6 is 11.3 Å². The average Bonchev–Trinajstić information content (AvgIpc) is 3.47. The highest BCUT2D eigenvalue weighted by molar-refractivity contribution is 7.18. The highest BCUT2D eigenvalue weighted by Crippen LogP contribution is 2.33. The van der Waals surface area contributed by atoms with Crippen LogP contribution in [0.4, 0.5) is 5.95 Å². The topological polar surface area (TPSA) is 95.4 Å². The third kappa shape index (κ3) is 4.16. The fourth-order valence-electron chi connectivity index (χ4n) is 5.38. The molecule has 36 heavy (non-hydrogen) atoms. The van der Waals surface area contributed by atoms with E-state index in [0.717, 1.165) is 36.5 Å². The van der Waals surface area contributed by atoms with E-state index in [4.69, 9.17) is 5.26 Å². The van der Waals surface area contributed by atoms with E-state index in [9.17, 15) is 4.79 Å². The molecule has 9 nitrogen and oxygen atoms in total. The summed E-state index contributed by atoms with van der Waals surface area (Å²) < 4.78 is 4.46. The third-order valence-corrected chi connectivity index (χ3v) is 8.39. The van der Waals surface area contributed by atoms with Crippen molar-refractivity contribution < 1.29 is 0 Å². The molecule has 4 aromatic rings. The molecular formula is C26H32N8OS. The van der Waals surface area contributed by atoms with Gasteiger partial charge in [0.1, 0.15) is 5.65 Å². The molecule has 4 heterocycles. The Bertz CT molecular complexity index is 1510. The summed E-state index contributed by atoms with van der Waals surface area (Å²) in [5.41, 5.74) is 3.35. The molecule has 1 aliphatic heterocycles. The fraction of sp³-hybridized carbons (Fsp3) is 0.500. The van der Waals surface area contributed by atoms with Gasteiger partial charge in [0.25, 0.3) is 0 Å². The molecular weight excluding hydrogens is 472 g/mol. The standard InChI is InChI=1S/C26H32N8OS/c1-6-20-15-33(25-29-26(35)31(5)24-13-19(10-11-27)30-34(24)25)21(7-2)14-32(20)16(3)18-8-9-22-23(12-18)36-17(4)28-22/h8-9,12-13,16,20-21H,6-7,10,14-15H2,1-5H3/t16-,20-,21+/m1/s1. The summed E-state index contributed by atoms with van der Waals surface area (Å²) >= 11 is 1.74. The third-order valence-electron chi connectivity index (χ3n) is 7.45. The molecule has 0 aliphatic carbocycles. The predicted molar refractivity (Wildman–Crippen MR) is 143 cm³/mol. The van der Waals surface area contributed by atoms with Gasteiger partial charge >= 0.3 is 5.69 Å². The maximum Gasteiger partial charge on any atom is 0.352 e. The van der Waals surface area contributed by atoms with Gasteiger partial charge in [-0.3, -0.25) is 9.47 Å². The number of thiazole rings is 1. The number of nitrogens with zero attached hydrogens (tertiary/aromatic N) is 8. The van der Waals surface area contributed by atoms with Crippen LogP contribution in [0.5, 0.6) is 0 Å². The highest BCUT2D eigenvalue weighted by Gasteiger charge is 2.37. The molecule has 0 unspecified atom stereocenters. The van der Waals surface area contributed by atoms with Crippen molar-refractivity contribution in [3.05, 3.63) is 51.0 Å². The normalized spacial score (nSPS) is 19.7. The number of hydrogen-bond acceptors (Lipinski definition) is 8. The average molecular weight is 505 g/mol. The van der Waals surface area contributed by atoms with Crippen LogP contribution in [-0.4, -0.2) is 54.2 Å². The summed E-state index contributed by atoms with van der Waals surface area (Å²) in [6, 6.07) is 11.3. The van der Waals surface area contributed by atoms with Gasteiger partial charge in [-0.15, -0.1) is 11.3 Å². The molecule has 3 atom stereocenters. The predicted octanol–water partition coefficient (Wildman–Crippen LogP) is 3.85. The van der Waals surface area contributed by atoms with Crippen molar-refractivity contribution in [3.8, 4) is 6.07 Å². The molecule has 10 heteroatoms. The van der Waals surface area contributed by atoms with E-state index >= 15 is 0 Å². The molecule has 0 N–H and O–H groups in total. The van der Waals surface area contributed by atoms with Crippen molar-refractivity contribution in [2.24, 2.45) is 7.05 Å². The van der Waals surface area contributed by atoms with Gasteiger partial charge in [-0.2, -0.15) is 19.9 Å². The van der Waals surface area contributed by atoms with E-state index in [1.54, 1.807) is 22.9 Å². The lowest BCUT2D eigenvalue weighted by molar-refractivity contribution is 0.1000. The van der Waals surface area contributed by atoms with E-state index in [-0.39, 0.29) is 30.2 Å². The molecule has 0 radical (unpaired) electrons. The Morgan fingerprint density at radius 2 is 1.94 bits per heavy atom. The van der Waals surface area contributed by atoms with Crippen LogP contribution in [0.15, 0.2) is 29.1 Å². The second-order valence-corrected chi connectivity index (χ2v) is 10.8. The van der Waals surface area contributed by atoms with Crippen LogP contribution in [0.25, 0.3) is 15.9 Å². The molecule has 0 saturated carbocycles. The van der Waals surface area contributed by atoms with E-state index in [1.807, 2.05) is 6.07 Å². The maximum absolute atomic E-state index is 12.8. The first-order valence-corrected chi connectivity index (χ1v) is 13.4. The van der Waals surface area contributed by atoms with Gasteiger partial charge in [-0.05, 0) is 44.4 Å². The Morgan fingerprint density at radius 1 is 1.17 bits per heavy atom. The highest BCUT2D eigenvalue weighted by atomic mass is 32.1. The number of anilines is 1. The van der Waals surface area contributed by atoms with Gasteiger partial charge in [0.2, 0.25) is 5.95 Å². The lowest BCUT2D eigenvalue weighted by Crippen LogP contribution is -2.59. The number of hydrogen-bond donors (Lipinski definition) is 0. The number of aryl methyl sites for hydroxylation is 2. The van der Waals surface area contributed by atoms with Crippen LogP contribution in [0.1, 0.15) is 55.9 Å². The van der Waals surface area contributed by atoms with Crippen LogP contribution in [0, 0.1) is 18.3 Å². The zero-order valence-corrected chi connectivity index (χ0v) is 22.3. The summed E-state index contributed by atoms with van der Waals surface area (Å²) in [6.07, 6.45) is 2.09. The summed E-state index contributed by atoms with van der Waals surface area (Å²) in [7, 11) is 1.69. The van der Waals surface area contributed by atoms with Crippen LogP contribution < -0.4 is 10.6 Å². The minimum absolute atomic E-state index is 0.177. The molecule has 1 aromatic carbocycles. The van der Waals surface area contributed by atoms with Crippen molar-refractivity contribution >= 4 is 33.1 Å². The Balaban J connectivity index is 1.50. The second kappa shape index (κ2) is 9.64. The van der Waals surface area contributed by atoms with E-state index in [2.05, 4.69) is 76.8 Å². The molecule has 3 aromatic heterocycles. The minimum atomic E-state index is -0.312. The first-order chi connectivity index (χ1) is 17.3. The van der Waals surface area contributed by atoms with Crippen molar-refractivity contribution in [3.63, 3.8) is 0 Å². The first kappa shape index (κ1) is 24.4. The quantitative estimate of drug-likeness (QED) is 0.394. The van der Waals surface area contributed by atoms with Gasteiger partial charge in [0, 0.05) is 44.3 Å². The van der Waals surface area contributed by atoms with Crippen LogP contribution in [-0.2, 0) is 13.5 Å². The molecule has 188 valence electrons. The Hall–Kier alpha value is -3.29. The Morgan fingerprint density at radius 3 is 2.67 bits per heavy atom. The second-order valence-electron chi connectivity index (χ2n) is 9.60. The first-order valence-electron chi connectivity index (χ1n) is 12.6. The molecule has 1 aliphatic rings. The number of piperazine rings is 1. The molecule has 1 saturated heterocycles. The van der Waals surface area contributed by atoms with Crippen molar-refractivity contribution in [1.82, 2.24) is 29.0 Å². The van der Waals surface area contributed by atoms with Crippen molar-refractivity contribution in [2.75, 3.05) is 18.0 Å². The summed E-state index contributed by atoms with van der Waals surface area (Å²) in [4.78, 5) is 26.7. The van der Waals surface area contributed by atoms with Gasteiger partial charge in [-0.1, -0.05) is 19.9 Å². The number of nitriles is 1. The van der Waals surface area contributed by atoms with E-state index in [1.165, 1.54) is 14.8 Å². The zero-order valence-electron chi connectivity index (χ0n) is 21.5. The number of aromatic nitrogens is 5. The molecule has 1 fully saturated rings. The largest absolute Gasteiger partial charge is 0.352 e. The van der Waals surface area contributed by atoms with Gasteiger partial charge in [0.05, 0.1) is 33.4 Å². The van der Waals surface area contributed by atoms with Gasteiger partial charge < -0.3 is 4.90 Å². The maximum atomic E-state index is 12.8. The molecule has 0 spiro atoms. The fourth-order valence-corrected chi connectivity index (χ4v) is 6.25. The lowest BCUT2D eigenvalue weighted by atomic mass is 9.97. The molecule has 0 bridgehead atoms. The summed E-state index contributed by atoms with van der Waals surface area (Å²) in [5.74, 6) is 0.566. The zero-order chi connectivity index (χ0) is 25.6. The number of fused-ring (bicyclic) bond motifs is 2. The van der Waals surface area contributed by atoms with Crippen LogP contribution in [0.3, 0.4) is 0 Å². The number of rotatable bonds is 6. The molecule has 0 amide bonds.